The van der Waals surface area contributed by atoms with Crippen LogP contribution in [-0.4, -0.2) is 25.2 Å². The summed E-state index contributed by atoms with van der Waals surface area (Å²) in [6.45, 7) is 7.54. The Bertz CT molecular complexity index is 1280. The van der Waals surface area contributed by atoms with E-state index in [2.05, 4.69) is 20.8 Å². The zero-order valence-electron chi connectivity index (χ0n) is 30.0. The van der Waals surface area contributed by atoms with Gasteiger partial charge in [0.05, 0.1) is 24.3 Å². The maximum absolute atomic E-state index is 12.7. The fourth-order valence-corrected chi connectivity index (χ4v) is 5.63. The summed E-state index contributed by atoms with van der Waals surface area (Å²) in [5.41, 5.74) is 2.93. The summed E-state index contributed by atoms with van der Waals surface area (Å²) in [4.78, 5) is 25.0. The predicted molar refractivity (Wildman–Crippen MR) is 198 cm³/mol. The molecule has 48 heavy (non-hydrogen) atoms. The summed E-state index contributed by atoms with van der Waals surface area (Å²) >= 11 is 0. The van der Waals surface area contributed by atoms with Crippen LogP contribution in [0.1, 0.15) is 151 Å². The van der Waals surface area contributed by atoms with Crippen molar-refractivity contribution in [3.8, 4) is 22.6 Å². The van der Waals surface area contributed by atoms with E-state index in [1.165, 1.54) is 96.3 Å². The van der Waals surface area contributed by atoms with Crippen molar-refractivity contribution >= 4 is 11.9 Å². The van der Waals surface area contributed by atoms with Gasteiger partial charge in [-0.1, -0.05) is 148 Å². The molecule has 0 radical (unpaired) electrons. The highest BCUT2D eigenvalue weighted by molar-refractivity contribution is 5.91. The van der Waals surface area contributed by atoms with Crippen LogP contribution in [0.5, 0.6) is 11.5 Å². The maximum Gasteiger partial charge on any atom is 0.343 e. The number of carbonyl (C=O) groups is 2. The summed E-state index contributed by atoms with van der Waals surface area (Å²) < 4.78 is 16.9. The molecule has 0 spiro atoms. The molecule has 3 aromatic carbocycles. The van der Waals surface area contributed by atoms with E-state index in [-0.39, 0.29) is 5.97 Å². The van der Waals surface area contributed by atoms with Crippen LogP contribution in [0, 0.1) is 5.92 Å². The second-order valence-corrected chi connectivity index (χ2v) is 13.3. The Morgan fingerprint density at radius 1 is 0.521 bits per heavy atom. The van der Waals surface area contributed by atoms with Crippen molar-refractivity contribution < 1.29 is 23.8 Å². The Labute approximate surface area is 290 Å². The first-order valence-corrected chi connectivity index (χ1v) is 18.8. The quantitative estimate of drug-likeness (QED) is 0.0516. The third-order valence-corrected chi connectivity index (χ3v) is 9.07. The van der Waals surface area contributed by atoms with E-state index in [1.54, 1.807) is 36.4 Å². The summed E-state index contributed by atoms with van der Waals surface area (Å²) in [5, 5.41) is 0. The first kappa shape index (κ1) is 38.8. The van der Waals surface area contributed by atoms with Crippen LogP contribution in [0.25, 0.3) is 11.1 Å². The number of ether oxygens (including phenoxy) is 3. The third kappa shape index (κ3) is 15.5. The molecule has 5 nitrogen and oxygen atoms in total. The van der Waals surface area contributed by atoms with E-state index in [1.807, 2.05) is 36.4 Å². The van der Waals surface area contributed by atoms with Gasteiger partial charge in [-0.25, -0.2) is 9.59 Å². The molecule has 0 bridgehead atoms. The van der Waals surface area contributed by atoms with Crippen molar-refractivity contribution in [3.63, 3.8) is 0 Å². The fraction of sp³-hybridized carbons (Fsp3) is 0.535. The molecule has 0 amide bonds. The molecule has 1 unspecified atom stereocenters. The highest BCUT2D eigenvalue weighted by atomic mass is 16.5. The lowest BCUT2D eigenvalue weighted by atomic mass is 10.0. The molecule has 0 fully saturated rings. The molecule has 0 aromatic heterocycles. The Hall–Kier alpha value is -3.60. The summed E-state index contributed by atoms with van der Waals surface area (Å²) in [6, 6.07) is 21.8. The van der Waals surface area contributed by atoms with Gasteiger partial charge in [-0.2, -0.15) is 0 Å². The molecule has 262 valence electrons. The lowest BCUT2D eigenvalue weighted by Crippen LogP contribution is -2.11. The van der Waals surface area contributed by atoms with E-state index in [9.17, 15) is 9.59 Å². The van der Waals surface area contributed by atoms with Gasteiger partial charge in [0.2, 0.25) is 0 Å². The highest BCUT2D eigenvalue weighted by Crippen LogP contribution is 2.24. The second-order valence-electron chi connectivity index (χ2n) is 13.3. The summed E-state index contributed by atoms with van der Waals surface area (Å²) in [7, 11) is 0. The molecular formula is C43H60O5. The Morgan fingerprint density at radius 2 is 0.938 bits per heavy atom. The van der Waals surface area contributed by atoms with Crippen LogP contribution >= 0.6 is 0 Å². The zero-order valence-corrected chi connectivity index (χ0v) is 30.0. The Balaban J connectivity index is 1.25. The van der Waals surface area contributed by atoms with E-state index >= 15 is 0 Å². The lowest BCUT2D eigenvalue weighted by Gasteiger charge is -2.10. The van der Waals surface area contributed by atoms with E-state index in [0.29, 0.717) is 36.0 Å². The van der Waals surface area contributed by atoms with E-state index in [4.69, 9.17) is 14.2 Å². The smallest absolute Gasteiger partial charge is 0.343 e. The zero-order chi connectivity index (χ0) is 34.2. The van der Waals surface area contributed by atoms with Crippen LogP contribution in [0.3, 0.4) is 0 Å². The summed E-state index contributed by atoms with van der Waals surface area (Å²) in [6.07, 6.45) is 22.6. The maximum atomic E-state index is 12.7. The van der Waals surface area contributed by atoms with Gasteiger partial charge < -0.3 is 14.2 Å². The van der Waals surface area contributed by atoms with Gasteiger partial charge in [-0.05, 0) is 72.0 Å². The van der Waals surface area contributed by atoms with Crippen LogP contribution in [0.4, 0.5) is 0 Å². The molecule has 0 saturated carbocycles. The van der Waals surface area contributed by atoms with E-state index < -0.39 is 5.97 Å². The average molecular weight is 657 g/mol. The first-order chi connectivity index (χ1) is 23.5. The minimum absolute atomic E-state index is 0.306. The van der Waals surface area contributed by atoms with Gasteiger partial charge in [0.25, 0.3) is 0 Å². The van der Waals surface area contributed by atoms with Crippen LogP contribution in [-0.2, 0) is 4.74 Å². The lowest BCUT2D eigenvalue weighted by molar-refractivity contribution is 0.0447. The molecule has 0 heterocycles. The van der Waals surface area contributed by atoms with Gasteiger partial charge in [-0.3, -0.25) is 0 Å². The van der Waals surface area contributed by atoms with Crippen molar-refractivity contribution in [2.45, 2.75) is 130 Å². The molecule has 0 saturated heterocycles. The Morgan fingerprint density at radius 3 is 1.44 bits per heavy atom. The SMILES string of the molecule is CCCCCCCCCCCCCCCCCCOc1ccc(C(=O)Oc2ccc(-c3ccc(C(=O)OCC(C)CC)cc3)cc2)cc1. The van der Waals surface area contributed by atoms with Gasteiger partial charge in [0.1, 0.15) is 11.5 Å². The molecule has 3 aromatic rings. The second kappa shape index (κ2) is 23.7. The highest BCUT2D eigenvalue weighted by Gasteiger charge is 2.11. The Kier molecular flexibility index (Phi) is 19.2. The number of hydrogen-bond donors (Lipinski definition) is 0. The van der Waals surface area contributed by atoms with Crippen LogP contribution in [0.2, 0.25) is 0 Å². The molecule has 3 rings (SSSR count). The molecule has 0 aliphatic heterocycles. The number of benzene rings is 3. The van der Waals surface area contributed by atoms with Crippen molar-refractivity contribution in [1.29, 1.82) is 0 Å². The monoisotopic (exact) mass is 656 g/mol. The molecule has 5 heteroatoms. The molecule has 0 aliphatic rings. The van der Waals surface area contributed by atoms with Gasteiger partial charge in [-0.15, -0.1) is 0 Å². The minimum atomic E-state index is -0.410. The van der Waals surface area contributed by atoms with E-state index in [0.717, 1.165) is 29.7 Å². The average Bonchev–Trinajstić information content (AvgIpc) is 3.12. The van der Waals surface area contributed by atoms with Crippen molar-refractivity contribution in [3.05, 3.63) is 83.9 Å². The van der Waals surface area contributed by atoms with Gasteiger partial charge in [0, 0.05) is 0 Å². The topological polar surface area (TPSA) is 61.8 Å². The number of unbranched alkanes of at least 4 members (excludes halogenated alkanes) is 15. The fourth-order valence-electron chi connectivity index (χ4n) is 5.63. The third-order valence-electron chi connectivity index (χ3n) is 9.07. The molecule has 1 atom stereocenters. The number of hydrogen-bond acceptors (Lipinski definition) is 5. The van der Waals surface area contributed by atoms with Crippen LogP contribution in [0.15, 0.2) is 72.8 Å². The number of rotatable bonds is 25. The van der Waals surface area contributed by atoms with Crippen molar-refractivity contribution in [2.24, 2.45) is 5.92 Å². The van der Waals surface area contributed by atoms with Gasteiger partial charge in [0.15, 0.2) is 0 Å². The standard InChI is InChI=1S/C43H60O5/c1-4-6-7-8-9-10-11-12-13-14-15-16-17-18-19-20-33-46-40-29-27-39(28-30-40)43(45)48-41-31-25-37(26-32-41)36-21-23-38(24-22-36)42(44)47-34-35(3)5-2/h21-32,35H,4-20,33-34H2,1-3H3. The summed E-state index contributed by atoms with van der Waals surface area (Å²) in [5.74, 6) is 0.869. The molecule has 0 N–H and O–H groups in total. The van der Waals surface area contributed by atoms with Crippen molar-refractivity contribution in [1.82, 2.24) is 0 Å². The van der Waals surface area contributed by atoms with Crippen LogP contribution < -0.4 is 9.47 Å². The number of esters is 2. The van der Waals surface area contributed by atoms with Crippen molar-refractivity contribution in [2.75, 3.05) is 13.2 Å². The molecule has 0 aliphatic carbocycles. The largest absolute Gasteiger partial charge is 0.494 e. The molecular weight excluding hydrogens is 596 g/mol. The predicted octanol–water partition coefficient (Wildman–Crippen LogP) is 12.4. The van der Waals surface area contributed by atoms with Gasteiger partial charge >= 0.3 is 11.9 Å². The minimum Gasteiger partial charge on any atom is -0.494 e. The first-order valence-electron chi connectivity index (χ1n) is 18.8. The normalized spacial score (nSPS) is 11.6. The number of carbonyl (C=O) groups excluding carboxylic acids is 2.